The first-order valence-electron chi connectivity index (χ1n) is 14.7. The van der Waals surface area contributed by atoms with Gasteiger partial charge < -0.3 is 9.64 Å². The molecule has 1 aliphatic carbocycles. The lowest BCUT2D eigenvalue weighted by molar-refractivity contribution is -0.131. The minimum absolute atomic E-state index is 0.0877. The molecule has 0 radical (unpaired) electrons. The van der Waals surface area contributed by atoms with Gasteiger partial charge in [0.1, 0.15) is 5.75 Å². The van der Waals surface area contributed by atoms with Crippen molar-refractivity contribution in [3.8, 4) is 5.75 Å². The number of piperidine rings is 1. The van der Waals surface area contributed by atoms with Crippen LogP contribution in [0.3, 0.4) is 0 Å². The molecule has 2 aliphatic rings. The Hall–Kier alpha value is -3.44. The van der Waals surface area contributed by atoms with Crippen LogP contribution in [0.5, 0.6) is 5.75 Å². The molecule has 5 heteroatoms. The zero-order chi connectivity index (χ0) is 28.3. The highest BCUT2D eigenvalue weighted by atomic mass is 16.5. The Balaban J connectivity index is 1.50. The number of hydrogen-bond acceptors (Lipinski definition) is 4. The normalized spacial score (nSPS) is 23.0. The Labute approximate surface area is 238 Å². The summed E-state index contributed by atoms with van der Waals surface area (Å²) in [5.74, 6) is 1.23. The van der Waals surface area contributed by atoms with E-state index in [1.165, 1.54) is 12.5 Å². The van der Waals surface area contributed by atoms with Crippen LogP contribution >= 0.6 is 0 Å². The number of likely N-dealkylation sites (tertiary alicyclic amines) is 1. The van der Waals surface area contributed by atoms with Crippen LogP contribution in [0.25, 0.3) is 10.8 Å². The molecule has 3 atom stereocenters. The van der Waals surface area contributed by atoms with Crippen molar-refractivity contribution >= 4 is 22.6 Å². The third kappa shape index (κ3) is 5.85. The van der Waals surface area contributed by atoms with Crippen LogP contribution < -0.4 is 4.74 Å². The molecule has 1 heterocycles. The van der Waals surface area contributed by atoms with Gasteiger partial charge in [-0.1, -0.05) is 62.4 Å². The van der Waals surface area contributed by atoms with Crippen molar-refractivity contribution in [2.75, 3.05) is 26.2 Å². The number of carbonyl (C=O) groups is 2. The Morgan fingerprint density at radius 1 is 1.07 bits per heavy atom. The lowest BCUT2D eigenvalue weighted by Crippen LogP contribution is -2.57. The van der Waals surface area contributed by atoms with Crippen molar-refractivity contribution in [3.63, 3.8) is 0 Å². The average Bonchev–Trinajstić information content (AvgIpc) is 2.95. The van der Waals surface area contributed by atoms with E-state index in [0.717, 1.165) is 68.2 Å². The summed E-state index contributed by atoms with van der Waals surface area (Å²) < 4.78 is 5.51. The van der Waals surface area contributed by atoms with Crippen molar-refractivity contribution in [1.82, 2.24) is 9.80 Å². The van der Waals surface area contributed by atoms with Crippen molar-refractivity contribution in [1.29, 1.82) is 0 Å². The largest absolute Gasteiger partial charge is 0.427 e. The fourth-order valence-corrected chi connectivity index (χ4v) is 7.12. The van der Waals surface area contributed by atoms with E-state index >= 15 is 0 Å². The molecule has 1 saturated carbocycles. The van der Waals surface area contributed by atoms with E-state index in [2.05, 4.69) is 60.6 Å². The van der Waals surface area contributed by atoms with Gasteiger partial charge in [0.05, 0.1) is 0 Å². The first-order chi connectivity index (χ1) is 19.3. The summed E-state index contributed by atoms with van der Waals surface area (Å²) in [5, 5.41) is 2.24. The molecule has 0 aromatic heterocycles. The van der Waals surface area contributed by atoms with Gasteiger partial charge in [0.15, 0.2) is 0 Å². The molecular weight excluding hydrogens is 496 g/mol. The van der Waals surface area contributed by atoms with Crippen LogP contribution in [0, 0.1) is 11.8 Å². The highest BCUT2D eigenvalue weighted by Crippen LogP contribution is 2.50. The van der Waals surface area contributed by atoms with Crippen LogP contribution in [-0.2, 0) is 10.2 Å². The van der Waals surface area contributed by atoms with Gasteiger partial charge in [-0.3, -0.25) is 14.5 Å². The number of esters is 1. The molecule has 1 saturated heterocycles. The second-order valence-electron chi connectivity index (χ2n) is 12.1. The Kier molecular flexibility index (Phi) is 8.41. The average molecular weight is 539 g/mol. The highest BCUT2D eigenvalue weighted by molar-refractivity contribution is 5.98. The van der Waals surface area contributed by atoms with E-state index in [0.29, 0.717) is 17.6 Å². The molecular formula is C35H42N2O3. The molecule has 40 heavy (non-hydrogen) atoms. The standard InChI is InChI=1S/C35H42N2O3/c1-5-18-36-19-17-35(30-11-8-12-33(21-30)40-26(4)38)22-32(16-15-31(35)24-36)37(23-25(2)3)34(39)29-14-13-27-9-6-7-10-28(27)20-29/h5-14,20-21,25,31-32H,1,15-19,22-24H2,2-4H3/t31-,32+,35+/m1/s1. The quantitative estimate of drug-likeness (QED) is 0.179. The minimum Gasteiger partial charge on any atom is -0.427 e. The minimum atomic E-state index is -0.308. The fraction of sp³-hybridized carbons (Fsp3) is 0.429. The summed E-state index contributed by atoms with van der Waals surface area (Å²) in [5.41, 5.74) is 1.89. The van der Waals surface area contributed by atoms with E-state index in [4.69, 9.17) is 4.74 Å². The summed E-state index contributed by atoms with van der Waals surface area (Å²) in [6.45, 7) is 13.4. The second-order valence-corrected chi connectivity index (χ2v) is 12.1. The third-order valence-corrected chi connectivity index (χ3v) is 8.90. The van der Waals surface area contributed by atoms with E-state index in [-0.39, 0.29) is 23.3 Å². The molecule has 0 bridgehead atoms. The summed E-state index contributed by atoms with van der Waals surface area (Å²) in [6.07, 6.45) is 5.95. The second kappa shape index (κ2) is 12.0. The molecule has 0 spiro atoms. The van der Waals surface area contributed by atoms with Gasteiger partial charge in [-0.15, -0.1) is 6.58 Å². The third-order valence-electron chi connectivity index (χ3n) is 8.90. The number of benzene rings is 3. The molecule has 0 N–H and O–H groups in total. The van der Waals surface area contributed by atoms with Crippen LogP contribution in [0.4, 0.5) is 0 Å². The van der Waals surface area contributed by atoms with E-state index in [1.54, 1.807) is 0 Å². The SMILES string of the molecule is C=CCN1CC[C@@]2(c3cccc(OC(C)=O)c3)C[C@@H](N(CC(C)C)C(=O)c3ccc4ccccc4c3)CC[C@@H]2C1. The summed E-state index contributed by atoms with van der Waals surface area (Å²) >= 11 is 0. The molecule has 210 valence electrons. The monoisotopic (exact) mass is 538 g/mol. The van der Waals surface area contributed by atoms with Crippen LogP contribution in [0.2, 0.25) is 0 Å². The maximum absolute atomic E-state index is 14.2. The van der Waals surface area contributed by atoms with Crippen molar-refractivity contribution in [2.24, 2.45) is 11.8 Å². The maximum Gasteiger partial charge on any atom is 0.308 e. The van der Waals surface area contributed by atoms with Gasteiger partial charge in [-0.25, -0.2) is 0 Å². The van der Waals surface area contributed by atoms with E-state index in [9.17, 15) is 9.59 Å². The summed E-state index contributed by atoms with van der Waals surface area (Å²) in [7, 11) is 0. The van der Waals surface area contributed by atoms with Crippen LogP contribution in [-0.4, -0.2) is 53.9 Å². The fourth-order valence-electron chi connectivity index (χ4n) is 7.12. The topological polar surface area (TPSA) is 49.9 Å². The predicted octanol–water partition coefficient (Wildman–Crippen LogP) is 6.86. The van der Waals surface area contributed by atoms with Gasteiger partial charge >= 0.3 is 5.97 Å². The Morgan fingerprint density at radius 2 is 1.88 bits per heavy atom. The van der Waals surface area contributed by atoms with E-state index < -0.39 is 0 Å². The number of fused-ring (bicyclic) bond motifs is 2. The van der Waals surface area contributed by atoms with Gasteiger partial charge in [0, 0.05) is 43.6 Å². The Morgan fingerprint density at radius 3 is 2.62 bits per heavy atom. The van der Waals surface area contributed by atoms with Gasteiger partial charge in [0.25, 0.3) is 5.91 Å². The maximum atomic E-state index is 14.2. The molecule has 3 aromatic carbocycles. The molecule has 5 rings (SSSR count). The van der Waals surface area contributed by atoms with Crippen molar-refractivity contribution < 1.29 is 14.3 Å². The molecule has 3 aromatic rings. The molecule has 5 nitrogen and oxygen atoms in total. The predicted molar refractivity (Wildman–Crippen MR) is 162 cm³/mol. The number of ether oxygens (including phenoxy) is 1. The molecule has 0 unspecified atom stereocenters. The molecule has 2 fully saturated rings. The lowest BCUT2D eigenvalue weighted by Gasteiger charge is -2.54. The number of rotatable bonds is 8. The highest BCUT2D eigenvalue weighted by Gasteiger charge is 2.49. The molecule has 1 aliphatic heterocycles. The molecule has 1 amide bonds. The van der Waals surface area contributed by atoms with E-state index in [1.807, 2.05) is 42.5 Å². The van der Waals surface area contributed by atoms with Crippen LogP contribution in [0.15, 0.2) is 79.4 Å². The van der Waals surface area contributed by atoms with Gasteiger partial charge in [-0.2, -0.15) is 0 Å². The first kappa shape index (κ1) is 28.1. The summed E-state index contributed by atoms with van der Waals surface area (Å²) in [6, 6.07) is 22.6. The number of hydrogen-bond donors (Lipinski definition) is 0. The number of amides is 1. The zero-order valence-electron chi connectivity index (χ0n) is 24.1. The lowest BCUT2D eigenvalue weighted by atomic mass is 9.57. The van der Waals surface area contributed by atoms with Crippen molar-refractivity contribution in [3.05, 3.63) is 90.5 Å². The smallest absolute Gasteiger partial charge is 0.308 e. The Bertz CT molecular complexity index is 1380. The first-order valence-corrected chi connectivity index (χ1v) is 14.7. The number of carbonyl (C=O) groups excluding carboxylic acids is 2. The van der Waals surface area contributed by atoms with Gasteiger partial charge in [0.2, 0.25) is 0 Å². The van der Waals surface area contributed by atoms with Crippen LogP contribution in [0.1, 0.15) is 62.4 Å². The zero-order valence-corrected chi connectivity index (χ0v) is 24.1. The number of nitrogens with zero attached hydrogens (tertiary/aromatic N) is 2. The van der Waals surface area contributed by atoms with Gasteiger partial charge in [-0.05, 0) is 84.7 Å². The summed E-state index contributed by atoms with van der Waals surface area (Å²) in [4.78, 5) is 30.6. The van der Waals surface area contributed by atoms with Crippen molar-refractivity contribution in [2.45, 2.75) is 57.9 Å².